The van der Waals surface area contributed by atoms with Crippen LogP contribution in [0.15, 0.2) is 30.3 Å². The quantitative estimate of drug-likeness (QED) is 0.345. The number of alkyl carbamates (subject to hydrolysis) is 1. The lowest BCUT2D eigenvalue weighted by molar-refractivity contribution is -0.124. The first-order chi connectivity index (χ1) is 14.8. The smallest absolute Gasteiger partial charge is 0.407 e. The summed E-state index contributed by atoms with van der Waals surface area (Å²) < 4.78 is 25.3. The summed E-state index contributed by atoms with van der Waals surface area (Å²) in [5.74, 6) is -1.41. The maximum atomic E-state index is 12.0. The Kier molecular flexibility index (Phi) is 12.4. The van der Waals surface area contributed by atoms with Crippen LogP contribution >= 0.6 is 0 Å². The Bertz CT molecular complexity index is 733. The summed E-state index contributed by atoms with van der Waals surface area (Å²) in [5.41, 5.74) is -0.979. The zero-order chi connectivity index (χ0) is 23.2. The molecule has 1 aromatic carbocycles. The number of aliphatic hydroxyl groups is 1. The Morgan fingerprint density at radius 2 is 1.94 bits per heavy atom. The van der Waals surface area contributed by atoms with E-state index in [4.69, 9.17) is 9.29 Å². The van der Waals surface area contributed by atoms with Crippen LogP contribution in [0.2, 0.25) is 0 Å². The molecule has 1 heterocycles. The summed E-state index contributed by atoms with van der Waals surface area (Å²) in [6.07, 6.45) is 0.945. The first-order valence-corrected chi connectivity index (χ1v) is 11.2. The van der Waals surface area contributed by atoms with E-state index in [1.165, 1.54) is 6.42 Å². The summed E-state index contributed by atoms with van der Waals surface area (Å²) >= 11 is -2.61. The molecule has 1 aromatic rings. The minimum absolute atomic E-state index is 0.00347. The van der Waals surface area contributed by atoms with Gasteiger partial charge < -0.3 is 30.3 Å². The molecule has 0 spiro atoms. The Morgan fingerprint density at radius 3 is 2.48 bits per heavy atom. The highest BCUT2D eigenvalue weighted by Crippen LogP contribution is 2.18. The number of benzene rings is 1. The van der Waals surface area contributed by atoms with Crippen LogP contribution in [0.1, 0.15) is 38.7 Å². The van der Waals surface area contributed by atoms with Gasteiger partial charge in [0.25, 0.3) is 0 Å². The maximum Gasteiger partial charge on any atom is 0.407 e. The lowest BCUT2D eigenvalue weighted by atomic mass is 9.98. The SMILES string of the molecule is CCC.O=C(CNC(=O)OCc1ccccc1)NC(CC1CCNC1=O)C(O)S(=O)O. The van der Waals surface area contributed by atoms with Crippen LogP contribution in [-0.2, 0) is 32.0 Å². The Hall–Kier alpha value is -2.50. The number of ether oxygens (including phenoxy) is 1. The topological polar surface area (TPSA) is 154 Å². The van der Waals surface area contributed by atoms with E-state index in [1.807, 2.05) is 6.07 Å². The average Bonchev–Trinajstić information content (AvgIpc) is 3.15. The van der Waals surface area contributed by atoms with Crippen molar-refractivity contribution in [2.75, 3.05) is 13.1 Å². The molecule has 1 aliphatic heterocycles. The van der Waals surface area contributed by atoms with Gasteiger partial charge in [-0.05, 0) is 18.4 Å². The summed E-state index contributed by atoms with van der Waals surface area (Å²) in [5, 5.41) is 17.1. The van der Waals surface area contributed by atoms with Gasteiger partial charge in [-0.3, -0.25) is 9.59 Å². The molecule has 2 rings (SSSR count). The highest BCUT2D eigenvalue weighted by atomic mass is 32.2. The zero-order valence-corrected chi connectivity index (χ0v) is 18.5. The van der Waals surface area contributed by atoms with Crippen molar-refractivity contribution in [2.45, 2.75) is 51.2 Å². The molecule has 10 nitrogen and oxygen atoms in total. The molecule has 5 N–H and O–H groups in total. The van der Waals surface area contributed by atoms with E-state index in [1.54, 1.807) is 24.3 Å². The molecular weight excluding hydrogens is 426 g/mol. The van der Waals surface area contributed by atoms with Crippen LogP contribution < -0.4 is 16.0 Å². The predicted octanol–water partition coefficient (Wildman–Crippen LogP) is 0.880. The molecule has 4 atom stereocenters. The van der Waals surface area contributed by atoms with Crippen molar-refractivity contribution in [2.24, 2.45) is 5.92 Å². The first kappa shape index (κ1) is 26.5. The third-order valence-electron chi connectivity index (χ3n) is 4.20. The van der Waals surface area contributed by atoms with Crippen molar-refractivity contribution in [3.63, 3.8) is 0 Å². The number of hydrogen-bond donors (Lipinski definition) is 5. The van der Waals surface area contributed by atoms with Crippen LogP contribution in [0.4, 0.5) is 4.79 Å². The fourth-order valence-electron chi connectivity index (χ4n) is 2.75. The Balaban J connectivity index is 0.00000151. The molecule has 0 bridgehead atoms. The Morgan fingerprint density at radius 1 is 1.29 bits per heavy atom. The molecule has 31 heavy (non-hydrogen) atoms. The van der Waals surface area contributed by atoms with E-state index in [0.29, 0.717) is 13.0 Å². The van der Waals surface area contributed by atoms with Gasteiger partial charge in [0, 0.05) is 12.5 Å². The van der Waals surface area contributed by atoms with E-state index >= 15 is 0 Å². The first-order valence-electron chi connectivity index (χ1n) is 10.1. The van der Waals surface area contributed by atoms with Crippen molar-refractivity contribution in [1.29, 1.82) is 0 Å². The van der Waals surface area contributed by atoms with E-state index in [-0.39, 0.29) is 18.9 Å². The third-order valence-corrected chi connectivity index (χ3v) is 4.95. The molecule has 3 amide bonds. The molecule has 1 fully saturated rings. The minimum Gasteiger partial charge on any atom is -0.445 e. The van der Waals surface area contributed by atoms with Crippen molar-refractivity contribution >= 4 is 29.0 Å². The van der Waals surface area contributed by atoms with E-state index in [0.717, 1.165) is 5.56 Å². The highest BCUT2D eigenvalue weighted by Gasteiger charge is 2.33. The largest absolute Gasteiger partial charge is 0.445 e. The second-order valence-electron chi connectivity index (χ2n) is 6.98. The van der Waals surface area contributed by atoms with Crippen LogP contribution in [-0.4, -0.2) is 56.3 Å². The average molecular weight is 458 g/mol. The normalized spacial score (nSPS) is 17.9. The summed E-state index contributed by atoms with van der Waals surface area (Å²) in [6, 6.07) is 7.86. The van der Waals surface area contributed by atoms with Crippen molar-refractivity contribution in [1.82, 2.24) is 16.0 Å². The summed E-state index contributed by atoms with van der Waals surface area (Å²) in [7, 11) is 0. The van der Waals surface area contributed by atoms with Crippen molar-refractivity contribution in [3.8, 4) is 0 Å². The molecule has 0 aromatic heterocycles. The number of nitrogens with one attached hydrogen (secondary N) is 3. The van der Waals surface area contributed by atoms with Crippen LogP contribution in [0.25, 0.3) is 0 Å². The predicted molar refractivity (Wildman–Crippen MR) is 115 cm³/mol. The van der Waals surface area contributed by atoms with E-state index in [2.05, 4.69) is 29.8 Å². The van der Waals surface area contributed by atoms with E-state index in [9.17, 15) is 23.7 Å². The number of aliphatic hydroxyl groups excluding tert-OH is 1. The number of hydrogen-bond acceptors (Lipinski definition) is 6. The molecule has 4 unspecified atom stereocenters. The number of amides is 3. The highest BCUT2D eigenvalue weighted by molar-refractivity contribution is 7.79. The van der Waals surface area contributed by atoms with Gasteiger partial charge in [0.2, 0.25) is 11.8 Å². The fraction of sp³-hybridized carbons (Fsp3) is 0.550. The lowest BCUT2D eigenvalue weighted by Gasteiger charge is -2.23. The van der Waals surface area contributed by atoms with Gasteiger partial charge in [0.1, 0.15) is 13.2 Å². The van der Waals surface area contributed by atoms with Crippen molar-refractivity contribution in [3.05, 3.63) is 35.9 Å². The maximum absolute atomic E-state index is 12.0. The van der Waals surface area contributed by atoms with E-state index < -0.39 is 47.0 Å². The summed E-state index contributed by atoms with van der Waals surface area (Å²) in [6.45, 7) is 4.30. The second-order valence-corrected chi connectivity index (χ2v) is 8.01. The molecule has 174 valence electrons. The molecule has 1 aliphatic rings. The molecule has 11 heteroatoms. The van der Waals surface area contributed by atoms with Gasteiger partial charge >= 0.3 is 6.09 Å². The fourth-order valence-corrected chi connectivity index (χ4v) is 3.21. The van der Waals surface area contributed by atoms with Crippen LogP contribution in [0, 0.1) is 5.92 Å². The molecule has 1 saturated heterocycles. The number of rotatable bonds is 9. The molecule has 0 radical (unpaired) electrons. The Labute approximate surface area is 184 Å². The van der Waals surface area contributed by atoms with Gasteiger partial charge in [-0.25, -0.2) is 9.00 Å². The second kappa shape index (κ2) is 14.5. The number of carbonyl (C=O) groups is 3. The monoisotopic (exact) mass is 457 g/mol. The molecule has 0 aliphatic carbocycles. The van der Waals surface area contributed by atoms with Crippen LogP contribution in [0.5, 0.6) is 0 Å². The zero-order valence-electron chi connectivity index (χ0n) is 17.7. The summed E-state index contributed by atoms with van der Waals surface area (Å²) in [4.78, 5) is 35.4. The van der Waals surface area contributed by atoms with Gasteiger partial charge in [-0.15, -0.1) is 0 Å². The molecular formula is C20H31N3O7S. The third kappa shape index (κ3) is 10.4. The van der Waals surface area contributed by atoms with Crippen molar-refractivity contribution < 1.29 is 33.0 Å². The van der Waals surface area contributed by atoms with Gasteiger partial charge in [0.15, 0.2) is 16.5 Å². The van der Waals surface area contributed by atoms with Gasteiger partial charge in [0.05, 0.1) is 6.04 Å². The minimum atomic E-state index is -2.61. The van der Waals surface area contributed by atoms with Gasteiger partial charge in [-0.2, -0.15) is 0 Å². The molecule has 0 saturated carbocycles. The standard InChI is InChI=1S/C17H23N3O7S.C3H8/c21-14(9-19-17(24)27-10-11-4-2-1-3-5-11)20-13(16(23)28(25)26)8-12-6-7-18-15(12)22;1-3-2/h1-5,12-13,16,23H,6-10H2,(H,18,22)(H,19,24)(H,20,21)(H,25,26);3H2,1-2H3. The number of carbonyl (C=O) groups excluding carboxylic acids is 3. The van der Waals surface area contributed by atoms with Gasteiger partial charge in [-0.1, -0.05) is 50.6 Å². The van der Waals surface area contributed by atoms with Crippen LogP contribution in [0.3, 0.4) is 0 Å². The lowest BCUT2D eigenvalue weighted by Crippen LogP contribution is -2.49.